The molecule has 11 aromatic rings. The summed E-state index contributed by atoms with van der Waals surface area (Å²) in [5, 5.41) is 2.11. The van der Waals surface area contributed by atoms with E-state index in [-0.39, 0.29) is 10.8 Å². The molecule has 74 heavy (non-hydrogen) atoms. The number of aryl methyl sites for hydroxylation is 1. The van der Waals surface area contributed by atoms with Gasteiger partial charge in [-0.1, -0.05) is 157 Å². The quantitative estimate of drug-likeness (QED) is 0.159. The van der Waals surface area contributed by atoms with Crippen molar-refractivity contribution >= 4 is 56.1 Å². The molecule has 0 amide bonds. The third-order valence-electron chi connectivity index (χ3n) is 15.9. The van der Waals surface area contributed by atoms with Crippen LogP contribution in [0.1, 0.15) is 86.1 Å². The Bertz CT molecular complexity index is 3940. The van der Waals surface area contributed by atoms with Crippen molar-refractivity contribution in [1.29, 1.82) is 0 Å². The number of para-hydroxylation sites is 1. The number of hydrogen-bond donors (Lipinski definition) is 0. The van der Waals surface area contributed by atoms with E-state index < -0.39 is 5.41 Å². The Morgan fingerprint density at radius 1 is 0.432 bits per heavy atom. The van der Waals surface area contributed by atoms with Crippen LogP contribution in [-0.2, 0) is 16.2 Å². The Hall–Kier alpha value is -8.54. The molecule has 3 aromatic heterocycles. The van der Waals surface area contributed by atoms with E-state index in [1.165, 1.54) is 66.8 Å². The third kappa shape index (κ3) is 6.75. The van der Waals surface area contributed by atoms with E-state index in [0.29, 0.717) is 0 Å². The SMILES string of the molecule is Cc1ccccc1-c1c(C)c(N(c2ccc(C(C)(C)C)cc2)c2cccnc2)cc2c1-c1c(cc(N(c3ccc(C(C)(C)C)cc3)c3cccnc3)c3c1oc1ccccc13)C21c2ccccc2-c2ccccc21. The van der Waals surface area contributed by atoms with E-state index in [9.17, 15) is 0 Å². The third-order valence-corrected chi connectivity index (χ3v) is 15.9. The molecule has 0 aliphatic heterocycles. The van der Waals surface area contributed by atoms with Crippen molar-refractivity contribution in [3.63, 3.8) is 0 Å². The van der Waals surface area contributed by atoms with E-state index in [2.05, 4.69) is 235 Å². The van der Waals surface area contributed by atoms with Crippen LogP contribution in [0.2, 0.25) is 0 Å². The van der Waals surface area contributed by atoms with E-state index in [1.807, 2.05) is 36.9 Å². The minimum Gasteiger partial charge on any atom is -0.455 e. The van der Waals surface area contributed by atoms with Crippen molar-refractivity contribution in [1.82, 2.24) is 9.97 Å². The average molecular weight is 959 g/mol. The van der Waals surface area contributed by atoms with Crippen LogP contribution in [0.3, 0.4) is 0 Å². The molecule has 360 valence electrons. The van der Waals surface area contributed by atoms with Crippen molar-refractivity contribution in [3.8, 4) is 33.4 Å². The first-order valence-electron chi connectivity index (χ1n) is 25.9. The van der Waals surface area contributed by atoms with Crippen LogP contribution < -0.4 is 9.80 Å². The van der Waals surface area contributed by atoms with Crippen molar-refractivity contribution in [2.45, 2.75) is 71.6 Å². The summed E-state index contributed by atoms with van der Waals surface area (Å²) in [4.78, 5) is 14.3. The van der Waals surface area contributed by atoms with Crippen LogP contribution in [-0.4, -0.2) is 9.97 Å². The highest BCUT2D eigenvalue weighted by Gasteiger charge is 2.54. The summed E-state index contributed by atoms with van der Waals surface area (Å²) >= 11 is 0. The van der Waals surface area contributed by atoms with E-state index in [0.717, 1.165) is 67.2 Å². The second kappa shape index (κ2) is 16.8. The summed E-state index contributed by atoms with van der Waals surface area (Å²) in [7, 11) is 0. The molecule has 0 bridgehead atoms. The molecule has 0 saturated heterocycles. The Balaban J connectivity index is 1.23. The molecule has 0 radical (unpaired) electrons. The number of pyridine rings is 2. The van der Waals surface area contributed by atoms with Crippen molar-refractivity contribution in [2.75, 3.05) is 9.80 Å². The van der Waals surface area contributed by atoms with E-state index in [4.69, 9.17) is 14.4 Å². The van der Waals surface area contributed by atoms with Gasteiger partial charge in [-0.15, -0.1) is 0 Å². The smallest absolute Gasteiger partial charge is 0.145 e. The Labute approximate surface area is 434 Å². The minimum atomic E-state index is -0.785. The largest absolute Gasteiger partial charge is 0.455 e. The van der Waals surface area contributed by atoms with Crippen LogP contribution in [0.25, 0.3) is 55.3 Å². The van der Waals surface area contributed by atoms with Gasteiger partial charge in [0.2, 0.25) is 0 Å². The molecule has 2 aliphatic carbocycles. The molecule has 2 aliphatic rings. The normalized spacial score (nSPS) is 13.2. The maximum atomic E-state index is 7.51. The Kier molecular flexibility index (Phi) is 10.3. The standard InChI is InChI=1S/C69H58N4O/c1-43-19-9-10-22-51(43)62-44(2)59(72(49-20-17-37-70-41-49)47-33-29-45(30-34-47)67(3,4)5)39-57-64(62)65-58(69(57)55-26-14-11-23-52(55)53-24-12-15-27-56(53)69)40-60(63-54-25-13-16-28-61(54)74-66(63)65)73(50-21-18-38-71-42-50)48-35-31-46(32-36-48)68(6,7)8/h9-42H,1-8H3. The zero-order valence-corrected chi connectivity index (χ0v) is 43.3. The van der Waals surface area contributed by atoms with Crippen LogP contribution in [0.15, 0.2) is 211 Å². The molecule has 5 heteroatoms. The van der Waals surface area contributed by atoms with Gasteiger partial charge < -0.3 is 14.2 Å². The molecule has 0 unspecified atom stereocenters. The number of nitrogens with zero attached hydrogens (tertiary/aromatic N) is 4. The summed E-state index contributed by atoms with van der Waals surface area (Å²) in [5.41, 5.74) is 24.0. The average Bonchev–Trinajstić information content (AvgIpc) is 4.10. The van der Waals surface area contributed by atoms with Gasteiger partial charge in [-0.25, -0.2) is 0 Å². The number of anilines is 6. The lowest BCUT2D eigenvalue weighted by Gasteiger charge is -2.34. The van der Waals surface area contributed by atoms with Crippen LogP contribution in [0, 0.1) is 13.8 Å². The number of fused-ring (bicyclic) bond motifs is 14. The van der Waals surface area contributed by atoms with Gasteiger partial charge in [0.1, 0.15) is 11.2 Å². The van der Waals surface area contributed by atoms with Crippen molar-refractivity contribution in [2.24, 2.45) is 0 Å². The Morgan fingerprint density at radius 2 is 0.919 bits per heavy atom. The maximum Gasteiger partial charge on any atom is 0.145 e. The fraction of sp³-hybridized carbons (Fsp3) is 0.159. The van der Waals surface area contributed by atoms with Gasteiger partial charge in [-0.3, -0.25) is 9.97 Å². The number of furan rings is 1. The predicted molar refractivity (Wildman–Crippen MR) is 307 cm³/mol. The first kappa shape index (κ1) is 45.3. The molecule has 8 aromatic carbocycles. The molecule has 5 nitrogen and oxygen atoms in total. The second-order valence-electron chi connectivity index (χ2n) is 22.3. The zero-order valence-electron chi connectivity index (χ0n) is 43.3. The lowest BCUT2D eigenvalue weighted by atomic mass is 9.69. The van der Waals surface area contributed by atoms with Crippen LogP contribution >= 0.6 is 0 Å². The zero-order chi connectivity index (χ0) is 50.7. The number of hydrogen-bond acceptors (Lipinski definition) is 5. The van der Waals surface area contributed by atoms with Gasteiger partial charge in [0.25, 0.3) is 0 Å². The van der Waals surface area contributed by atoms with E-state index in [1.54, 1.807) is 0 Å². The molecule has 0 atom stereocenters. The predicted octanol–water partition coefficient (Wildman–Crippen LogP) is 18.5. The highest BCUT2D eigenvalue weighted by molar-refractivity contribution is 6.21. The molecule has 0 N–H and O–H groups in total. The lowest BCUT2D eigenvalue weighted by molar-refractivity contribution is 0.590. The minimum absolute atomic E-state index is 0.0100. The van der Waals surface area contributed by atoms with Gasteiger partial charge >= 0.3 is 0 Å². The number of aromatic nitrogens is 2. The topological polar surface area (TPSA) is 45.4 Å². The monoisotopic (exact) mass is 958 g/mol. The summed E-state index contributed by atoms with van der Waals surface area (Å²) in [5.74, 6) is 0. The van der Waals surface area contributed by atoms with Crippen molar-refractivity contribution in [3.05, 3.63) is 251 Å². The van der Waals surface area contributed by atoms with Gasteiger partial charge in [0, 0.05) is 34.7 Å². The molecule has 0 fully saturated rings. The second-order valence-corrected chi connectivity index (χ2v) is 22.3. The van der Waals surface area contributed by atoms with E-state index >= 15 is 0 Å². The molecule has 0 saturated carbocycles. The molecule has 13 rings (SSSR count). The van der Waals surface area contributed by atoms with Gasteiger partial charge in [-0.05, 0) is 164 Å². The van der Waals surface area contributed by atoms with Crippen molar-refractivity contribution < 1.29 is 4.42 Å². The van der Waals surface area contributed by atoms with Crippen LogP contribution in [0.4, 0.5) is 34.1 Å². The number of rotatable bonds is 7. The highest BCUT2D eigenvalue weighted by Crippen LogP contribution is 2.68. The summed E-state index contributed by atoms with van der Waals surface area (Å²) in [6, 6.07) is 67.4. The summed E-state index contributed by atoms with van der Waals surface area (Å²) in [6.07, 6.45) is 7.69. The lowest BCUT2D eigenvalue weighted by Crippen LogP contribution is -2.27. The first-order valence-corrected chi connectivity index (χ1v) is 25.9. The number of benzene rings is 8. The fourth-order valence-corrected chi connectivity index (χ4v) is 12.4. The molecule has 3 heterocycles. The molecular weight excluding hydrogens is 901 g/mol. The van der Waals surface area contributed by atoms with Crippen LogP contribution in [0.5, 0.6) is 0 Å². The molecule has 1 spiro atoms. The molecular formula is C69H58N4O. The van der Waals surface area contributed by atoms with Gasteiger partial charge in [-0.2, -0.15) is 0 Å². The fourth-order valence-electron chi connectivity index (χ4n) is 12.4. The summed E-state index contributed by atoms with van der Waals surface area (Å²) < 4.78 is 7.51. The first-order chi connectivity index (χ1) is 35.8. The van der Waals surface area contributed by atoms with Gasteiger partial charge in [0.15, 0.2) is 0 Å². The summed E-state index contributed by atoms with van der Waals surface area (Å²) in [6.45, 7) is 18.2. The Morgan fingerprint density at radius 3 is 1.46 bits per heavy atom. The highest BCUT2D eigenvalue weighted by atomic mass is 16.3. The van der Waals surface area contributed by atoms with Gasteiger partial charge in [0.05, 0.1) is 45.9 Å². The maximum absolute atomic E-state index is 7.51.